The van der Waals surface area contributed by atoms with Crippen LogP contribution in [0.3, 0.4) is 0 Å². The first-order valence-electron chi connectivity index (χ1n) is 6.62. The van der Waals surface area contributed by atoms with Crippen molar-refractivity contribution in [1.82, 2.24) is 0 Å². The predicted octanol–water partition coefficient (Wildman–Crippen LogP) is 3.49. The van der Waals surface area contributed by atoms with Crippen LogP contribution in [0.15, 0.2) is 36.4 Å². The molecule has 0 amide bonds. The smallest absolute Gasteiger partial charge is 0.167 e. The predicted molar refractivity (Wildman–Crippen MR) is 80.2 cm³/mol. The van der Waals surface area contributed by atoms with Gasteiger partial charge in [0.2, 0.25) is 0 Å². The van der Waals surface area contributed by atoms with E-state index in [0.29, 0.717) is 23.7 Å². The SMILES string of the molecule is COc1c(C)c(OCc2ccccc2)cc(O)c1C(C)=O. The molecule has 0 radical (unpaired) electrons. The molecule has 2 rings (SSSR count). The number of methoxy groups -OCH3 is 1. The Morgan fingerprint density at radius 3 is 2.48 bits per heavy atom. The van der Waals surface area contributed by atoms with E-state index < -0.39 is 0 Å². The fourth-order valence-electron chi connectivity index (χ4n) is 2.20. The number of hydrogen-bond acceptors (Lipinski definition) is 4. The van der Waals surface area contributed by atoms with Crippen LogP contribution in [0.1, 0.15) is 28.4 Å². The van der Waals surface area contributed by atoms with Crippen LogP contribution >= 0.6 is 0 Å². The van der Waals surface area contributed by atoms with Crippen LogP contribution in [0.4, 0.5) is 0 Å². The van der Waals surface area contributed by atoms with Crippen LogP contribution in [-0.2, 0) is 6.61 Å². The summed E-state index contributed by atoms with van der Waals surface area (Å²) in [5, 5.41) is 10.0. The third-order valence-corrected chi connectivity index (χ3v) is 3.25. The molecule has 0 aliphatic heterocycles. The zero-order chi connectivity index (χ0) is 15.4. The van der Waals surface area contributed by atoms with Gasteiger partial charge in [0.15, 0.2) is 5.78 Å². The van der Waals surface area contributed by atoms with Gasteiger partial charge in [-0.3, -0.25) is 4.79 Å². The number of Topliss-reactive ketones (excluding diaryl/α,β-unsaturated/α-hetero) is 1. The molecule has 110 valence electrons. The van der Waals surface area contributed by atoms with Gasteiger partial charge in [0.25, 0.3) is 0 Å². The minimum absolute atomic E-state index is 0.131. The fourth-order valence-corrected chi connectivity index (χ4v) is 2.20. The Morgan fingerprint density at radius 2 is 1.90 bits per heavy atom. The minimum Gasteiger partial charge on any atom is -0.507 e. The lowest BCUT2D eigenvalue weighted by atomic mass is 10.0. The van der Waals surface area contributed by atoms with Crippen molar-refractivity contribution in [2.24, 2.45) is 0 Å². The lowest BCUT2D eigenvalue weighted by Crippen LogP contribution is -2.04. The van der Waals surface area contributed by atoms with Crippen molar-refractivity contribution in [2.45, 2.75) is 20.5 Å². The average Bonchev–Trinajstić information content (AvgIpc) is 2.48. The first-order valence-corrected chi connectivity index (χ1v) is 6.62. The number of phenolic OH excluding ortho intramolecular Hbond substituents is 1. The summed E-state index contributed by atoms with van der Waals surface area (Å²) >= 11 is 0. The lowest BCUT2D eigenvalue weighted by molar-refractivity contribution is 0.101. The van der Waals surface area contributed by atoms with Crippen molar-refractivity contribution < 1.29 is 19.4 Å². The van der Waals surface area contributed by atoms with Crippen molar-refractivity contribution in [2.75, 3.05) is 7.11 Å². The molecular formula is C17H18O4. The van der Waals surface area contributed by atoms with E-state index in [1.807, 2.05) is 30.3 Å². The van der Waals surface area contributed by atoms with E-state index in [9.17, 15) is 9.90 Å². The molecule has 0 heterocycles. The average molecular weight is 286 g/mol. The van der Waals surface area contributed by atoms with Crippen LogP contribution in [-0.4, -0.2) is 18.0 Å². The maximum atomic E-state index is 11.6. The second-order valence-electron chi connectivity index (χ2n) is 4.76. The van der Waals surface area contributed by atoms with Crippen molar-refractivity contribution in [3.63, 3.8) is 0 Å². The standard InChI is InChI=1S/C17H18O4/c1-11-15(21-10-13-7-5-4-6-8-13)9-14(19)16(12(2)18)17(11)20-3/h4-9,19H,10H2,1-3H3. The van der Waals surface area contributed by atoms with Crippen molar-refractivity contribution >= 4 is 5.78 Å². The molecule has 0 saturated carbocycles. The minimum atomic E-state index is -0.248. The molecule has 0 aromatic heterocycles. The molecule has 1 N–H and O–H groups in total. The normalized spacial score (nSPS) is 10.2. The molecule has 0 atom stereocenters. The Kier molecular flexibility index (Phi) is 4.48. The maximum absolute atomic E-state index is 11.6. The molecule has 0 aliphatic carbocycles. The Labute approximate surface area is 123 Å². The second-order valence-corrected chi connectivity index (χ2v) is 4.76. The van der Waals surface area contributed by atoms with Crippen LogP contribution in [0.5, 0.6) is 17.2 Å². The summed E-state index contributed by atoms with van der Waals surface area (Å²) in [6.07, 6.45) is 0. The Hall–Kier alpha value is -2.49. The zero-order valence-electron chi connectivity index (χ0n) is 12.3. The molecule has 2 aromatic rings. The van der Waals surface area contributed by atoms with E-state index in [1.54, 1.807) is 6.92 Å². The number of phenols is 1. The summed E-state index contributed by atoms with van der Waals surface area (Å²) in [4.78, 5) is 11.6. The van der Waals surface area contributed by atoms with Crippen molar-refractivity contribution in [1.29, 1.82) is 0 Å². The number of rotatable bonds is 5. The Balaban J connectivity index is 2.33. The molecule has 2 aromatic carbocycles. The molecule has 0 unspecified atom stereocenters. The number of ketones is 1. The van der Waals surface area contributed by atoms with E-state index in [1.165, 1.54) is 20.1 Å². The molecule has 0 aliphatic rings. The van der Waals surface area contributed by atoms with Gasteiger partial charge in [-0.05, 0) is 19.4 Å². The van der Waals surface area contributed by atoms with Crippen LogP contribution in [0.25, 0.3) is 0 Å². The Morgan fingerprint density at radius 1 is 1.24 bits per heavy atom. The zero-order valence-corrected chi connectivity index (χ0v) is 12.3. The summed E-state index contributed by atoms with van der Waals surface area (Å²) in [6.45, 7) is 3.57. The highest BCUT2D eigenvalue weighted by molar-refractivity contribution is 6.00. The van der Waals surface area contributed by atoms with Gasteiger partial charge < -0.3 is 14.6 Å². The van der Waals surface area contributed by atoms with Gasteiger partial charge in [0, 0.05) is 11.6 Å². The monoisotopic (exact) mass is 286 g/mol. The molecule has 0 spiro atoms. The molecule has 0 saturated heterocycles. The highest BCUT2D eigenvalue weighted by Crippen LogP contribution is 2.38. The van der Waals surface area contributed by atoms with Gasteiger partial charge in [-0.15, -0.1) is 0 Å². The van der Waals surface area contributed by atoms with Gasteiger partial charge >= 0.3 is 0 Å². The summed E-state index contributed by atoms with van der Waals surface area (Å²) in [6, 6.07) is 11.2. The molecule has 0 bridgehead atoms. The van der Waals surface area contributed by atoms with Crippen molar-refractivity contribution in [3.05, 3.63) is 53.1 Å². The van der Waals surface area contributed by atoms with E-state index in [4.69, 9.17) is 9.47 Å². The molecule has 21 heavy (non-hydrogen) atoms. The Bertz CT molecular complexity index is 648. The van der Waals surface area contributed by atoms with Gasteiger partial charge in [-0.2, -0.15) is 0 Å². The third kappa shape index (κ3) is 3.16. The van der Waals surface area contributed by atoms with Gasteiger partial charge in [0.05, 0.1) is 7.11 Å². The maximum Gasteiger partial charge on any atom is 0.167 e. The first-order chi connectivity index (χ1) is 10.0. The molecule has 4 heteroatoms. The first kappa shape index (κ1) is 14.9. The van der Waals surface area contributed by atoms with Crippen LogP contribution in [0.2, 0.25) is 0 Å². The quantitative estimate of drug-likeness (QED) is 0.855. The highest BCUT2D eigenvalue weighted by atomic mass is 16.5. The molecule has 0 fully saturated rings. The number of aromatic hydroxyl groups is 1. The summed E-state index contributed by atoms with van der Waals surface area (Å²) in [5.74, 6) is 0.471. The van der Waals surface area contributed by atoms with Crippen LogP contribution in [0, 0.1) is 6.92 Å². The van der Waals surface area contributed by atoms with E-state index in [-0.39, 0.29) is 17.1 Å². The van der Waals surface area contributed by atoms with Crippen molar-refractivity contribution in [3.8, 4) is 17.2 Å². The second kappa shape index (κ2) is 6.31. The number of carbonyl (C=O) groups excluding carboxylic acids is 1. The summed E-state index contributed by atoms with van der Waals surface area (Å²) in [5.41, 5.74) is 1.89. The third-order valence-electron chi connectivity index (χ3n) is 3.25. The van der Waals surface area contributed by atoms with Gasteiger partial charge in [0.1, 0.15) is 29.4 Å². The fraction of sp³-hybridized carbons (Fsp3) is 0.235. The summed E-state index contributed by atoms with van der Waals surface area (Å²) in [7, 11) is 1.47. The largest absolute Gasteiger partial charge is 0.507 e. The molecular weight excluding hydrogens is 268 g/mol. The topological polar surface area (TPSA) is 55.8 Å². The lowest BCUT2D eigenvalue weighted by Gasteiger charge is -2.16. The molecule has 4 nitrogen and oxygen atoms in total. The van der Waals surface area contributed by atoms with Gasteiger partial charge in [-0.25, -0.2) is 0 Å². The van der Waals surface area contributed by atoms with E-state index >= 15 is 0 Å². The summed E-state index contributed by atoms with van der Waals surface area (Å²) < 4.78 is 11.0. The number of hydrogen-bond donors (Lipinski definition) is 1. The van der Waals surface area contributed by atoms with E-state index in [0.717, 1.165) is 5.56 Å². The number of carbonyl (C=O) groups is 1. The van der Waals surface area contributed by atoms with Gasteiger partial charge in [-0.1, -0.05) is 30.3 Å². The van der Waals surface area contributed by atoms with E-state index in [2.05, 4.69) is 0 Å². The number of benzene rings is 2. The highest BCUT2D eigenvalue weighted by Gasteiger charge is 2.20. The number of ether oxygens (including phenoxy) is 2. The van der Waals surface area contributed by atoms with Crippen LogP contribution < -0.4 is 9.47 Å².